The summed E-state index contributed by atoms with van der Waals surface area (Å²) in [5.41, 5.74) is 2.57. The Morgan fingerprint density at radius 3 is 2.54 bits per heavy atom. The number of nitrogens with zero attached hydrogens (tertiary/aromatic N) is 3. The van der Waals surface area contributed by atoms with Crippen LogP contribution in [0.2, 0.25) is 0 Å². The summed E-state index contributed by atoms with van der Waals surface area (Å²) in [5, 5.41) is 10.4. The highest BCUT2D eigenvalue weighted by molar-refractivity contribution is 6.21. The Labute approximate surface area is 150 Å². The lowest BCUT2D eigenvalue weighted by molar-refractivity contribution is -0.118. The summed E-state index contributed by atoms with van der Waals surface area (Å²) >= 11 is 0. The molecule has 1 aromatic carbocycles. The highest BCUT2D eigenvalue weighted by Crippen LogP contribution is 2.19. The number of nitrogens with one attached hydrogen (secondary N) is 2. The summed E-state index contributed by atoms with van der Waals surface area (Å²) in [4.78, 5) is 28.9. The molecule has 1 aliphatic carbocycles. The molecule has 1 aromatic heterocycles. The molecular formula is C19H19N5O2. The second-order valence-electron chi connectivity index (χ2n) is 5.94. The van der Waals surface area contributed by atoms with Gasteiger partial charge in [0.15, 0.2) is 5.69 Å². The summed E-state index contributed by atoms with van der Waals surface area (Å²) in [5.74, 6) is -0.265. The van der Waals surface area contributed by atoms with Crippen LogP contribution >= 0.6 is 0 Å². The Balaban J connectivity index is 2.13. The lowest BCUT2D eigenvalue weighted by Crippen LogP contribution is -2.26. The Morgan fingerprint density at radius 1 is 1.19 bits per heavy atom. The number of aliphatic imine (C=N–C) groups is 1. The highest BCUT2D eigenvalue weighted by atomic mass is 16.1. The van der Waals surface area contributed by atoms with Crippen LogP contribution in [0.4, 0.5) is 5.69 Å². The van der Waals surface area contributed by atoms with Crippen molar-refractivity contribution in [3.8, 4) is 5.69 Å². The van der Waals surface area contributed by atoms with E-state index in [-0.39, 0.29) is 17.2 Å². The molecule has 0 unspecified atom stereocenters. The van der Waals surface area contributed by atoms with Gasteiger partial charge in [-0.1, -0.05) is 18.2 Å². The van der Waals surface area contributed by atoms with E-state index < -0.39 is 0 Å². The second kappa shape index (κ2) is 6.79. The molecule has 7 nitrogen and oxygen atoms in total. The van der Waals surface area contributed by atoms with Crippen LogP contribution in [0.1, 0.15) is 12.6 Å². The molecular weight excluding hydrogens is 330 g/mol. The Hall–Kier alpha value is -3.48. The molecule has 0 spiro atoms. The monoisotopic (exact) mass is 349 g/mol. The topological polar surface area (TPSA) is 92.2 Å². The third-order valence-corrected chi connectivity index (χ3v) is 4.06. The maximum atomic E-state index is 12.9. The number of carbonyl (C=O) groups is 1. The maximum absolute atomic E-state index is 12.9. The summed E-state index contributed by atoms with van der Waals surface area (Å²) < 4.78 is 3.29. The standard InChI is InChI=1S/C19H19N5O2/c1-12-18(19(26)24(23(12)3)15-7-5-4-6-8-15)22-16-10-9-14(20)11-17(16)21-13(2)25/h4-11,20H,1-3H3,(H,21,25). The van der Waals surface area contributed by atoms with E-state index in [1.807, 2.05) is 37.3 Å². The van der Waals surface area contributed by atoms with Crippen molar-refractivity contribution in [1.29, 1.82) is 5.41 Å². The summed E-state index contributed by atoms with van der Waals surface area (Å²) in [6.07, 6.45) is 4.69. The minimum absolute atomic E-state index is 0.249. The van der Waals surface area contributed by atoms with E-state index in [1.165, 1.54) is 13.0 Å². The quantitative estimate of drug-likeness (QED) is 0.831. The van der Waals surface area contributed by atoms with Gasteiger partial charge in [-0.25, -0.2) is 9.67 Å². The molecule has 7 heteroatoms. The zero-order valence-electron chi connectivity index (χ0n) is 14.8. The van der Waals surface area contributed by atoms with Gasteiger partial charge in [-0.05, 0) is 37.3 Å². The van der Waals surface area contributed by atoms with E-state index in [9.17, 15) is 9.59 Å². The van der Waals surface area contributed by atoms with Gasteiger partial charge in [0.1, 0.15) is 0 Å². The molecule has 2 aromatic rings. The molecule has 132 valence electrons. The third kappa shape index (κ3) is 3.19. The first kappa shape index (κ1) is 17.3. The molecule has 0 bridgehead atoms. The Bertz CT molecular complexity index is 1040. The molecule has 1 heterocycles. The zero-order chi connectivity index (χ0) is 18.8. The van der Waals surface area contributed by atoms with Gasteiger partial charge < -0.3 is 10.7 Å². The van der Waals surface area contributed by atoms with Crippen molar-refractivity contribution >= 4 is 23.0 Å². The highest BCUT2D eigenvalue weighted by Gasteiger charge is 2.18. The van der Waals surface area contributed by atoms with Gasteiger partial charge in [0, 0.05) is 14.0 Å². The molecule has 3 rings (SSSR count). The first-order chi connectivity index (χ1) is 12.4. The van der Waals surface area contributed by atoms with Crippen molar-refractivity contribution in [1.82, 2.24) is 14.7 Å². The molecule has 0 radical (unpaired) electrons. The van der Waals surface area contributed by atoms with Gasteiger partial charge in [0.2, 0.25) is 5.91 Å². The fourth-order valence-electron chi connectivity index (χ4n) is 2.73. The van der Waals surface area contributed by atoms with Gasteiger partial charge in [-0.2, -0.15) is 0 Å². The number of rotatable bonds is 3. The number of para-hydroxylation sites is 1. The van der Waals surface area contributed by atoms with Crippen molar-refractivity contribution in [2.24, 2.45) is 12.0 Å². The van der Waals surface area contributed by atoms with Crippen LogP contribution in [0, 0.1) is 12.3 Å². The van der Waals surface area contributed by atoms with Gasteiger partial charge in [0.25, 0.3) is 5.56 Å². The SMILES string of the molecule is CC(=O)NC1=CC(=N)C=CC1=Nc1c(C)n(C)n(-c2ccccc2)c1=O. The molecule has 0 atom stereocenters. The average molecular weight is 349 g/mol. The van der Waals surface area contributed by atoms with Gasteiger partial charge in [0.05, 0.1) is 28.5 Å². The third-order valence-electron chi connectivity index (χ3n) is 4.06. The fraction of sp³-hybridized carbons (Fsp3) is 0.158. The second-order valence-corrected chi connectivity index (χ2v) is 5.94. The molecule has 0 saturated heterocycles. The number of benzene rings is 1. The van der Waals surface area contributed by atoms with E-state index in [2.05, 4.69) is 10.3 Å². The van der Waals surface area contributed by atoms with E-state index >= 15 is 0 Å². The average Bonchev–Trinajstić information content (AvgIpc) is 2.81. The van der Waals surface area contributed by atoms with Crippen LogP contribution in [0.5, 0.6) is 0 Å². The van der Waals surface area contributed by atoms with Crippen molar-refractivity contribution in [3.05, 3.63) is 70.3 Å². The minimum atomic E-state index is -0.265. The predicted molar refractivity (Wildman–Crippen MR) is 102 cm³/mol. The molecule has 1 aliphatic rings. The van der Waals surface area contributed by atoms with E-state index in [0.717, 1.165) is 5.69 Å². The molecule has 0 fully saturated rings. The molecule has 1 amide bonds. The number of amides is 1. The maximum Gasteiger partial charge on any atom is 0.297 e. The molecule has 0 saturated carbocycles. The Morgan fingerprint density at radius 2 is 1.88 bits per heavy atom. The van der Waals surface area contributed by atoms with Crippen LogP contribution in [-0.4, -0.2) is 26.7 Å². The van der Waals surface area contributed by atoms with Gasteiger partial charge in [-0.3, -0.25) is 14.3 Å². The number of aromatic nitrogens is 2. The summed E-state index contributed by atoms with van der Waals surface area (Å²) in [6, 6.07) is 9.31. The van der Waals surface area contributed by atoms with Crippen LogP contribution < -0.4 is 10.9 Å². The molecule has 0 aliphatic heterocycles. The van der Waals surface area contributed by atoms with Crippen molar-refractivity contribution in [3.63, 3.8) is 0 Å². The Kier molecular flexibility index (Phi) is 4.53. The summed E-state index contributed by atoms with van der Waals surface area (Å²) in [7, 11) is 1.80. The number of hydrogen-bond acceptors (Lipinski definition) is 4. The number of allylic oxidation sites excluding steroid dienone is 3. The van der Waals surface area contributed by atoms with E-state index in [1.54, 1.807) is 28.6 Å². The summed E-state index contributed by atoms with van der Waals surface area (Å²) in [6.45, 7) is 3.20. The smallest absolute Gasteiger partial charge is 0.297 e. The van der Waals surface area contributed by atoms with Gasteiger partial charge >= 0.3 is 0 Å². The van der Waals surface area contributed by atoms with Crippen LogP contribution in [0.25, 0.3) is 5.69 Å². The largest absolute Gasteiger partial charge is 0.324 e. The number of carbonyl (C=O) groups excluding carboxylic acids is 1. The lowest BCUT2D eigenvalue weighted by Gasteiger charge is -2.11. The lowest BCUT2D eigenvalue weighted by atomic mass is 10.1. The molecule has 26 heavy (non-hydrogen) atoms. The number of hydrogen-bond donors (Lipinski definition) is 2. The van der Waals surface area contributed by atoms with Crippen LogP contribution in [-0.2, 0) is 11.8 Å². The van der Waals surface area contributed by atoms with Gasteiger partial charge in [-0.15, -0.1) is 0 Å². The zero-order valence-corrected chi connectivity index (χ0v) is 14.8. The molecule has 2 N–H and O–H groups in total. The van der Waals surface area contributed by atoms with E-state index in [0.29, 0.717) is 22.8 Å². The first-order valence-electron chi connectivity index (χ1n) is 8.07. The predicted octanol–water partition coefficient (Wildman–Crippen LogP) is 2.17. The van der Waals surface area contributed by atoms with Crippen LogP contribution in [0.3, 0.4) is 0 Å². The van der Waals surface area contributed by atoms with E-state index in [4.69, 9.17) is 5.41 Å². The van der Waals surface area contributed by atoms with Crippen molar-refractivity contribution in [2.75, 3.05) is 0 Å². The minimum Gasteiger partial charge on any atom is -0.324 e. The normalized spacial score (nSPS) is 15.3. The van der Waals surface area contributed by atoms with Crippen molar-refractivity contribution < 1.29 is 4.79 Å². The van der Waals surface area contributed by atoms with Crippen molar-refractivity contribution in [2.45, 2.75) is 13.8 Å². The fourth-order valence-corrected chi connectivity index (χ4v) is 2.73. The van der Waals surface area contributed by atoms with Crippen LogP contribution in [0.15, 0.2) is 64.0 Å². The first-order valence-corrected chi connectivity index (χ1v) is 8.07.